The first-order valence-electron chi connectivity index (χ1n) is 15.0. The molecule has 2 aromatic rings. The molecule has 0 fully saturated rings. The van der Waals surface area contributed by atoms with Crippen molar-refractivity contribution in [2.24, 2.45) is 5.73 Å². The van der Waals surface area contributed by atoms with Gasteiger partial charge in [0.2, 0.25) is 0 Å². The van der Waals surface area contributed by atoms with Crippen LogP contribution in [-0.2, 0) is 20.9 Å². The van der Waals surface area contributed by atoms with Gasteiger partial charge in [-0.25, -0.2) is 9.78 Å². The van der Waals surface area contributed by atoms with E-state index in [0.717, 1.165) is 18.2 Å². The summed E-state index contributed by atoms with van der Waals surface area (Å²) in [6.07, 6.45) is 5.85. The van der Waals surface area contributed by atoms with E-state index < -0.39 is 5.97 Å². The molecule has 0 aliphatic rings. The fraction of sp³-hybridized carbons (Fsp3) is 0.429. The summed E-state index contributed by atoms with van der Waals surface area (Å²) < 4.78 is 6.48. The molecular weight excluding hydrogens is 591 g/mol. The Morgan fingerprint density at radius 3 is 2.07 bits per heavy atom. The summed E-state index contributed by atoms with van der Waals surface area (Å²) in [6, 6.07) is 0. The Morgan fingerprint density at radius 2 is 1.64 bits per heavy atom. The molecule has 9 heteroatoms. The Bertz CT molecular complexity index is 1360. The molecule has 0 aliphatic heterocycles. The number of carbonyl (C=O) groups is 2. The second-order valence-corrected chi connectivity index (χ2v) is 9.94. The number of aromatic nitrogens is 2. The van der Waals surface area contributed by atoms with Gasteiger partial charge in [-0.3, -0.25) is 14.2 Å². The third-order valence-electron chi connectivity index (χ3n) is 5.39. The van der Waals surface area contributed by atoms with E-state index in [2.05, 4.69) is 38.2 Å². The number of hydrogen-bond acceptors (Lipinski definition) is 8. The average Bonchev–Trinajstić information content (AvgIpc) is 3.48. The first-order chi connectivity index (χ1) is 21.0. The lowest BCUT2D eigenvalue weighted by Crippen LogP contribution is -2.24. The van der Waals surface area contributed by atoms with Gasteiger partial charge in [-0.2, -0.15) is 0 Å². The highest BCUT2D eigenvalue weighted by Gasteiger charge is 2.20. The van der Waals surface area contributed by atoms with Crippen molar-refractivity contribution in [2.75, 3.05) is 12.4 Å². The fourth-order valence-electron chi connectivity index (χ4n) is 3.01. The van der Waals surface area contributed by atoms with Crippen molar-refractivity contribution in [3.63, 3.8) is 0 Å². The number of nitrogens with two attached hydrogens (primary N) is 1. The highest BCUT2D eigenvalue weighted by molar-refractivity contribution is 7.99. The maximum Gasteiger partial charge on any atom is 0.338 e. The van der Waals surface area contributed by atoms with Gasteiger partial charge in [0.15, 0.2) is 10.9 Å². The summed E-state index contributed by atoms with van der Waals surface area (Å²) in [5, 5.41) is 2.66. The van der Waals surface area contributed by atoms with E-state index >= 15 is 0 Å². The molecule has 0 unspecified atom stereocenters. The normalized spacial score (nSPS) is 10.5. The number of ether oxygens (including phenoxy) is 1. The topological polar surface area (TPSA) is 104 Å². The van der Waals surface area contributed by atoms with Crippen LogP contribution in [0.5, 0.6) is 0 Å². The van der Waals surface area contributed by atoms with E-state index in [0.29, 0.717) is 32.1 Å². The second-order valence-electron chi connectivity index (χ2n) is 8.14. The van der Waals surface area contributed by atoms with Crippen LogP contribution in [-0.4, -0.2) is 33.7 Å². The summed E-state index contributed by atoms with van der Waals surface area (Å²) in [5.41, 5.74) is 8.93. The van der Waals surface area contributed by atoms with Crippen LogP contribution in [0.25, 0.3) is 15.8 Å². The minimum absolute atomic E-state index is 0.0389. The van der Waals surface area contributed by atoms with Crippen molar-refractivity contribution in [1.29, 1.82) is 0 Å². The summed E-state index contributed by atoms with van der Waals surface area (Å²) in [7, 11) is 0. The molecule has 0 radical (unpaired) electrons. The standard InChI is InChI=1S/C24H27N3O4S2.C5H10.3C2H6/c1-7-11-27-22(29)19-17(14(5)8-2)12-32-21(19)26-24(27)33-13-18(28)20(25)15(6)16(9-3)23(30)31-10-4;1-4-5(2)3;3*1-2/h7-9,12H,1-2,5,10-11,13,25H2,3-4,6H3;2,4H2,1,3H3;3*1-2H3/b16-9-,20-15-;;;;. The molecule has 0 saturated heterocycles. The van der Waals surface area contributed by atoms with E-state index in [4.69, 9.17) is 10.5 Å². The Kier molecular flexibility index (Phi) is 26.6. The minimum atomic E-state index is -0.539. The number of rotatable bonds is 12. The smallest absolute Gasteiger partial charge is 0.338 e. The van der Waals surface area contributed by atoms with E-state index in [1.54, 1.807) is 39.0 Å². The van der Waals surface area contributed by atoms with Crippen molar-refractivity contribution in [1.82, 2.24) is 9.55 Å². The highest BCUT2D eigenvalue weighted by Crippen LogP contribution is 2.29. The molecule has 0 spiro atoms. The maximum atomic E-state index is 13.2. The molecule has 7 nitrogen and oxygen atoms in total. The van der Waals surface area contributed by atoms with Crippen LogP contribution in [0.1, 0.15) is 88.1 Å². The van der Waals surface area contributed by atoms with E-state index in [1.807, 2.05) is 53.8 Å². The minimum Gasteiger partial charge on any atom is -0.462 e. The quantitative estimate of drug-likeness (QED) is 0.0612. The van der Waals surface area contributed by atoms with Gasteiger partial charge in [0.05, 0.1) is 29.0 Å². The zero-order chi connectivity index (χ0) is 35.0. The molecule has 246 valence electrons. The first kappa shape index (κ1) is 45.0. The van der Waals surface area contributed by atoms with Gasteiger partial charge in [0.1, 0.15) is 4.83 Å². The Balaban J connectivity index is -0.00000134. The van der Waals surface area contributed by atoms with Crippen molar-refractivity contribution in [3.8, 4) is 0 Å². The monoisotopic (exact) mass is 645 g/mol. The number of hydrogen-bond donors (Lipinski definition) is 1. The molecule has 2 rings (SSSR count). The van der Waals surface area contributed by atoms with Crippen LogP contribution in [0.2, 0.25) is 0 Å². The molecule has 0 atom stereocenters. The number of fused-ring (bicyclic) bond motifs is 1. The van der Waals surface area contributed by atoms with Crippen molar-refractivity contribution < 1.29 is 14.3 Å². The number of carbonyl (C=O) groups excluding carboxylic acids is 2. The van der Waals surface area contributed by atoms with E-state index in [1.165, 1.54) is 21.5 Å². The molecule has 0 aliphatic carbocycles. The third kappa shape index (κ3) is 13.9. The summed E-state index contributed by atoms with van der Waals surface area (Å²) in [6.45, 7) is 36.6. The highest BCUT2D eigenvalue weighted by atomic mass is 32.2. The summed E-state index contributed by atoms with van der Waals surface area (Å²) in [5.74, 6) is -0.981. The Morgan fingerprint density at radius 1 is 1.09 bits per heavy atom. The number of allylic oxidation sites excluding steroid dienone is 6. The zero-order valence-corrected chi connectivity index (χ0v) is 30.5. The molecule has 2 aromatic heterocycles. The van der Waals surface area contributed by atoms with Crippen LogP contribution in [0, 0.1) is 0 Å². The lowest BCUT2D eigenvalue weighted by molar-refractivity contribution is -0.138. The zero-order valence-electron chi connectivity index (χ0n) is 28.9. The van der Waals surface area contributed by atoms with Crippen LogP contribution in [0.3, 0.4) is 0 Å². The lowest BCUT2D eigenvalue weighted by Gasteiger charge is -2.12. The molecule has 0 amide bonds. The molecule has 2 N–H and O–H groups in total. The summed E-state index contributed by atoms with van der Waals surface area (Å²) >= 11 is 2.42. The number of ketones is 1. The molecule has 0 saturated carbocycles. The van der Waals surface area contributed by atoms with Gasteiger partial charge in [0.25, 0.3) is 5.56 Å². The fourth-order valence-corrected chi connectivity index (χ4v) is 4.91. The molecule has 0 bridgehead atoms. The number of nitrogens with zero attached hydrogens (tertiary/aromatic N) is 2. The maximum absolute atomic E-state index is 13.2. The van der Waals surface area contributed by atoms with E-state index in [9.17, 15) is 14.4 Å². The first-order valence-corrected chi connectivity index (χ1v) is 16.9. The van der Waals surface area contributed by atoms with Crippen LogP contribution in [0.4, 0.5) is 0 Å². The molecule has 0 aromatic carbocycles. The second kappa shape index (κ2) is 26.0. The predicted octanol–water partition coefficient (Wildman–Crippen LogP) is 9.30. The molecule has 2 heterocycles. The number of thioether (sulfide) groups is 1. The van der Waals surface area contributed by atoms with Gasteiger partial charge in [-0.1, -0.05) is 97.2 Å². The molecular formula is C35H55N3O4S2. The summed E-state index contributed by atoms with van der Waals surface area (Å²) in [4.78, 5) is 43.2. The van der Waals surface area contributed by atoms with Gasteiger partial charge < -0.3 is 10.5 Å². The predicted molar refractivity (Wildman–Crippen MR) is 195 cm³/mol. The van der Waals surface area contributed by atoms with Crippen LogP contribution >= 0.6 is 23.1 Å². The van der Waals surface area contributed by atoms with Gasteiger partial charge in [0, 0.05) is 17.5 Å². The number of Topliss-reactive ketones (excluding diaryl/α,β-unsaturated/α-hetero) is 1. The third-order valence-corrected chi connectivity index (χ3v) is 7.24. The van der Waals surface area contributed by atoms with Crippen molar-refractivity contribution >= 4 is 50.6 Å². The number of esters is 1. The molecule has 44 heavy (non-hydrogen) atoms. The Hall–Kier alpha value is -3.43. The van der Waals surface area contributed by atoms with E-state index in [-0.39, 0.29) is 41.5 Å². The van der Waals surface area contributed by atoms with Gasteiger partial charge in [-0.15, -0.1) is 24.5 Å². The van der Waals surface area contributed by atoms with Gasteiger partial charge in [-0.05, 0) is 45.3 Å². The van der Waals surface area contributed by atoms with Crippen LogP contribution < -0.4 is 11.3 Å². The lowest BCUT2D eigenvalue weighted by atomic mass is 10.0. The van der Waals surface area contributed by atoms with Gasteiger partial charge >= 0.3 is 5.97 Å². The van der Waals surface area contributed by atoms with Crippen molar-refractivity contribution in [3.05, 3.63) is 88.3 Å². The van der Waals surface area contributed by atoms with Crippen molar-refractivity contribution in [2.45, 2.75) is 94.3 Å². The average molecular weight is 646 g/mol. The largest absolute Gasteiger partial charge is 0.462 e. The van der Waals surface area contributed by atoms with Crippen LogP contribution in [0.15, 0.2) is 82.3 Å². The SMILES string of the molecule is C=C(C)CC.C=CCn1c(SCC(=O)/C(N)=C(C)/C(=C/C)C(=O)OCC)nc2scc(C(=C)C=C)c2c1=O.CC.CC.CC. The number of thiophene rings is 1. The Labute approximate surface area is 274 Å².